The molecule has 0 aliphatic carbocycles. The Morgan fingerprint density at radius 1 is 1.08 bits per heavy atom. The first kappa shape index (κ1) is 18.0. The van der Waals surface area contributed by atoms with Crippen molar-refractivity contribution in [1.29, 1.82) is 0 Å². The van der Waals surface area contributed by atoms with Gasteiger partial charge in [0.2, 0.25) is 0 Å². The predicted octanol–water partition coefficient (Wildman–Crippen LogP) is 4.04. The minimum atomic E-state index is -0.265. The van der Waals surface area contributed by atoms with E-state index in [0.29, 0.717) is 41.2 Å². The maximum atomic E-state index is 10.9. The molecule has 2 aromatic carbocycles. The highest BCUT2D eigenvalue weighted by molar-refractivity contribution is 5.76. The first-order chi connectivity index (χ1) is 12.3. The summed E-state index contributed by atoms with van der Waals surface area (Å²) in [5.74, 6) is 1.51. The van der Waals surface area contributed by atoms with Crippen LogP contribution in [0.15, 0.2) is 30.3 Å². The molecule has 1 aromatic heterocycles. The summed E-state index contributed by atoms with van der Waals surface area (Å²) in [4.78, 5) is 1.44. The van der Waals surface area contributed by atoms with Crippen molar-refractivity contribution in [3.05, 3.63) is 42.8 Å². The molecule has 0 aliphatic rings. The highest BCUT2D eigenvalue weighted by Gasteiger charge is 2.23. The van der Waals surface area contributed by atoms with Crippen molar-refractivity contribution in [2.45, 2.75) is 32.6 Å². The summed E-state index contributed by atoms with van der Waals surface area (Å²) >= 11 is 0. The Hall–Kier alpha value is -2.76. The minimum absolute atomic E-state index is 0.145. The molecule has 0 aliphatic heterocycles. The molecule has 137 valence electrons. The minimum Gasteiger partial charge on any atom is -0.505 e. The highest BCUT2D eigenvalue weighted by atomic mass is 16.5. The summed E-state index contributed by atoms with van der Waals surface area (Å²) in [5.41, 5.74) is 2.38. The first-order valence-corrected chi connectivity index (χ1v) is 8.54. The van der Waals surface area contributed by atoms with Crippen LogP contribution in [-0.4, -0.2) is 33.8 Å². The Kier molecular flexibility index (Phi) is 4.76. The van der Waals surface area contributed by atoms with E-state index in [1.807, 2.05) is 45.0 Å². The van der Waals surface area contributed by atoms with Gasteiger partial charge in [-0.05, 0) is 37.0 Å². The van der Waals surface area contributed by atoms with E-state index < -0.39 is 0 Å². The van der Waals surface area contributed by atoms with Crippen LogP contribution in [0.5, 0.6) is 17.2 Å². The molecule has 0 saturated carbocycles. The molecule has 6 nitrogen and oxygen atoms in total. The fourth-order valence-electron chi connectivity index (χ4n) is 2.72. The molecule has 0 fully saturated rings. The molecule has 0 spiro atoms. The Balaban J connectivity index is 2.16. The van der Waals surface area contributed by atoms with Crippen molar-refractivity contribution in [3.63, 3.8) is 0 Å². The second kappa shape index (κ2) is 6.86. The van der Waals surface area contributed by atoms with Gasteiger partial charge in [-0.25, -0.2) is 0 Å². The van der Waals surface area contributed by atoms with Gasteiger partial charge in [0.05, 0.1) is 13.7 Å². The fraction of sp³-hybridized carbons (Fsp3) is 0.350. The zero-order valence-electron chi connectivity index (χ0n) is 15.6. The van der Waals surface area contributed by atoms with E-state index in [1.165, 1.54) is 4.80 Å². The van der Waals surface area contributed by atoms with Gasteiger partial charge in [-0.3, -0.25) is 0 Å². The van der Waals surface area contributed by atoms with Crippen LogP contribution in [-0.2, 0) is 5.41 Å². The molecule has 1 N–H and O–H groups in total. The quantitative estimate of drug-likeness (QED) is 0.749. The largest absolute Gasteiger partial charge is 0.505 e. The Morgan fingerprint density at radius 3 is 2.46 bits per heavy atom. The van der Waals surface area contributed by atoms with Gasteiger partial charge < -0.3 is 14.6 Å². The predicted molar refractivity (Wildman–Crippen MR) is 101 cm³/mol. The van der Waals surface area contributed by atoms with Crippen molar-refractivity contribution in [1.82, 2.24) is 15.0 Å². The topological polar surface area (TPSA) is 69.4 Å². The van der Waals surface area contributed by atoms with Crippen molar-refractivity contribution >= 4 is 11.0 Å². The van der Waals surface area contributed by atoms with E-state index in [1.54, 1.807) is 13.2 Å². The van der Waals surface area contributed by atoms with Gasteiger partial charge in [0.15, 0.2) is 0 Å². The van der Waals surface area contributed by atoms with Gasteiger partial charge in [0, 0.05) is 17.7 Å². The Bertz CT molecular complexity index is 926. The third-order valence-electron chi connectivity index (χ3n) is 4.09. The second-order valence-corrected chi connectivity index (χ2v) is 7.13. The van der Waals surface area contributed by atoms with Crippen LogP contribution in [0.4, 0.5) is 0 Å². The monoisotopic (exact) mass is 354 g/mol. The van der Waals surface area contributed by atoms with E-state index in [4.69, 9.17) is 9.47 Å². The van der Waals surface area contributed by atoms with E-state index in [2.05, 4.69) is 17.1 Å². The molecule has 0 saturated heterocycles. The van der Waals surface area contributed by atoms with Gasteiger partial charge in [0.1, 0.15) is 34.0 Å². The summed E-state index contributed by atoms with van der Waals surface area (Å²) in [6, 6.07) is 9.08. The maximum absolute atomic E-state index is 10.9. The highest BCUT2D eigenvalue weighted by Crippen LogP contribution is 2.38. The van der Waals surface area contributed by atoms with Crippen LogP contribution in [0.3, 0.4) is 0 Å². The van der Waals surface area contributed by atoms with E-state index >= 15 is 0 Å². The Morgan fingerprint density at radius 2 is 1.81 bits per heavy atom. The number of ether oxygens (including phenoxy) is 2. The number of rotatable bonds is 5. The van der Waals surface area contributed by atoms with Crippen molar-refractivity contribution < 1.29 is 14.6 Å². The number of hydrogen-bond donors (Lipinski definition) is 1. The van der Waals surface area contributed by atoms with Gasteiger partial charge in [-0.2, -0.15) is 0 Å². The van der Waals surface area contributed by atoms with Crippen LogP contribution in [0.1, 0.15) is 32.8 Å². The lowest BCUT2D eigenvalue weighted by Gasteiger charge is -2.23. The molecular weight excluding hydrogens is 330 g/mol. The summed E-state index contributed by atoms with van der Waals surface area (Å²) in [5, 5.41) is 19.8. The number of phenols is 1. The molecule has 0 unspecified atom stereocenters. The van der Waals surface area contributed by atoms with Crippen LogP contribution in [0, 0.1) is 6.92 Å². The van der Waals surface area contributed by atoms with Gasteiger partial charge in [-0.1, -0.05) is 20.8 Å². The number of benzene rings is 2. The van der Waals surface area contributed by atoms with E-state index in [0.717, 1.165) is 5.56 Å². The number of phenolic OH excluding ortho intramolecular Hbond substituents is 1. The molecular formula is C20H24N3O3. The molecule has 1 radical (unpaired) electrons. The summed E-state index contributed by atoms with van der Waals surface area (Å²) in [7, 11) is 1.61. The van der Waals surface area contributed by atoms with Crippen LogP contribution in [0.25, 0.3) is 16.7 Å². The van der Waals surface area contributed by atoms with Gasteiger partial charge >= 0.3 is 0 Å². The van der Waals surface area contributed by atoms with Crippen LogP contribution >= 0.6 is 0 Å². The zero-order valence-corrected chi connectivity index (χ0v) is 15.6. The molecule has 3 aromatic rings. The van der Waals surface area contributed by atoms with Crippen molar-refractivity contribution in [2.75, 3.05) is 13.7 Å². The van der Waals surface area contributed by atoms with E-state index in [-0.39, 0.29) is 11.2 Å². The SMILES string of the molecule is [CH2]CCOc1cc(-n2nc3ccc(OC)cc3n2)c(O)c(C(C)(C)C)c1. The molecule has 1 heterocycles. The molecule has 0 atom stereocenters. The third kappa shape index (κ3) is 3.45. The summed E-state index contributed by atoms with van der Waals surface area (Å²) in [6.45, 7) is 10.4. The number of fused-ring (bicyclic) bond motifs is 1. The first-order valence-electron chi connectivity index (χ1n) is 8.54. The van der Waals surface area contributed by atoms with E-state index in [9.17, 15) is 5.11 Å². The number of hydrogen-bond acceptors (Lipinski definition) is 5. The fourth-order valence-corrected chi connectivity index (χ4v) is 2.72. The lowest BCUT2D eigenvalue weighted by atomic mass is 9.86. The maximum Gasteiger partial charge on any atom is 0.147 e. The van der Waals surface area contributed by atoms with Crippen LogP contribution in [0.2, 0.25) is 0 Å². The average Bonchev–Trinajstić information content (AvgIpc) is 3.02. The normalized spacial score (nSPS) is 11.7. The standard InChI is InChI=1S/C20H24N3O3/c1-6-9-26-14-10-15(20(2,3)4)19(24)18(12-14)23-21-16-8-7-13(25-5)11-17(16)22-23/h7-8,10-12,24H,1,6,9H2,2-5H3. The number of methoxy groups -OCH3 is 1. The van der Waals surface area contributed by atoms with Gasteiger partial charge in [0.25, 0.3) is 0 Å². The molecule has 0 amide bonds. The van der Waals surface area contributed by atoms with Gasteiger partial charge in [-0.15, -0.1) is 15.0 Å². The number of nitrogens with zero attached hydrogens (tertiary/aromatic N) is 3. The smallest absolute Gasteiger partial charge is 0.147 e. The lowest BCUT2D eigenvalue weighted by molar-refractivity contribution is 0.321. The Labute approximate surface area is 153 Å². The average molecular weight is 354 g/mol. The van der Waals surface area contributed by atoms with Crippen molar-refractivity contribution in [2.24, 2.45) is 0 Å². The molecule has 3 rings (SSSR count). The van der Waals surface area contributed by atoms with Crippen LogP contribution < -0.4 is 9.47 Å². The molecule has 0 bridgehead atoms. The molecule has 6 heteroatoms. The number of aromatic nitrogens is 3. The molecule has 26 heavy (non-hydrogen) atoms. The van der Waals surface area contributed by atoms with Crippen molar-refractivity contribution in [3.8, 4) is 22.9 Å². The zero-order chi connectivity index (χ0) is 18.9. The second-order valence-electron chi connectivity index (χ2n) is 7.13. The third-order valence-corrected chi connectivity index (χ3v) is 4.09. The summed E-state index contributed by atoms with van der Waals surface area (Å²) in [6.07, 6.45) is 0.658. The summed E-state index contributed by atoms with van der Waals surface area (Å²) < 4.78 is 11.0. The number of aromatic hydroxyl groups is 1. The lowest BCUT2D eigenvalue weighted by Crippen LogP contribution is -2.14.